The summed E-state index contributed by atoms with van der Waals surface area (Å²) in [5, 5.41) is 4.71. The van der Waals surface area contributed by atoms with E-state index in [9.17, 15) is 0 Å². The van der Waals surface area contributed by atoms with Gasteiger partial charge in [0.2, 0.25) is 0 Å². The number of nitrogens with zero attached hydrogens (tertiary/aromatic N) is 3. The minimum Gasteiger partial charge on any atom is -0.383 e. The summed E-state index contributed by atoms with van der Waals surface area (Å²) in [7, 11) is 1.92. The maximum absolute atomic E-state index is 6.24. The van der Waals surface area contributed by atoms with Crippen LogP contribution >= 0.6 is 0 Å². The average Bonchev–Trinajstić information content (AvgIpc) is 2.98. The summed E-state index contributed by atoms with van der Waals surface area (Å²) in [5.74, 6) is 0.745. The molecule has 0 aliphatic heterocycles. The molecule has 0 atom stereocenters. The molecule has 0 radical (unpaired) electrons. The van der Waals surface area contributed by atoms with Crippen molar-refractivity contribution in [2.24, 2.45) is 7.05 Å². The molecule has 0 aromatic carbocycles. The van der Waals surface area contributed by atoms with E-state index in [4.69, 9.17) is 10.8 Å². The predicted molar refractivity (Wildman–Crippen MR) is 76.7 cm³/mol. The maximum Gasteiger partial charge on any atom is 0.129 e. The standard InChI is InChI=1S/C15H20N4/c1-15(7-3-4-8-15)13-12(14(16)19(2)18-13)11-5-9-17-10-6-11/h5-6,9-10H,3-4,7-8,16H2,1-2H3. The van der Waals surface area contributed by atoms with Gasteiger partial charge in [-0.05, 0) is 30.5 Å². The van der Waals surface area contributed by atoms with Gasteiger partial charge in [0.05, 0.1) is 5.69 Å². The molecule has 100 valence electrons. The van der Waals surface area contributed by atoms with Crippen LogP contribution in [0.2, 0.25) is 0 Å². The van der Waals surface area contributed by atoms with Crippen LogP contribution in [0.5, 0.6) is 0 Å². The molecule has 1 saturated carbocycles. The summed E-state index contributed by atoms with van der Waals surface area (Å²) in [6.07, 6.45) is 8.57. The number of hydrogen-bond donors (Lipinski definition) is 1. The lowest BCUT2D eigenvalue weighted by Crippen LogP contribution is -2.19. The molecule has 4 nitrogen and oxygen atoms in total. The van der Waals surface area contributed by atoms with E-state index in [-0.39, 0.29) is 5.41 Å². The number of hydrogen-bond acceptors (Lipinski definition) is 3. The summed E-state index contributed by atoms with van der Waals surface area (Å²) in [4.78, 5) is 4.08. The summed E-state index contributed by atoms with van der Waals surface area (Å²) in [5.41, 5.74) is 9.76. The van der Waals surface area contributed by atoms with Crippen molar-refractivity contribution < 1.29 is 0 Å². The SMILES string of the molecule is Cn1nc(C2(C)CCCC2)c(-c2ccncc2)c1N. The highest BCUT2D eigenvalue weighted by Crippen LogP contribution is 2.45. The number of rotatable bonds is 2. The molecule has 4 heteroatoms. The molecule has 2 aromatic heterocycles. The molecular formula is C15H20N4. The monoisotopic (exact) mass is 256 g/mol. The molecule has 1 aliphatic carbocycles. The average molecular weight is 256 g/mol. The molecule has 2 aromatic rings. The minimum absolute atomic E-state index is 0.161. The van der Waals surface area contributed by atoms with Gasteiger partial charge >= 0.3 is 0 Å². The first-order chi connectivity index (χ1) is 9.12. The lowest BCUT2D eigenvalue weighted by molar-refractivity contribution is 0.469. The van der Waals surface area contributed by atoms with Gasteiger partial charge in [-0.15, -0.1) is 0 Å². The highest BCUT2D eigenvalue weighted by atomic mass is 15.3. The van der Waals surface area contributed by atoms with Crippen molar-refractivity contribution in [3.8, 4) is 11.1 Å². The van der Waals surface area contributed by atoms with Crippen molar-refractivity contribution in [2.45, 2.75) is 38.0 Å². The molecule has 0 saturated heterocycles. The number of aryl methyl sites for hydroxylation is 1. The van der Waals surface area contributed by atoms with Crippen LogP contribution in [0.15, 0.2) is 24.5 Å². The van der Waals surface area contributed by atoms with Crippen molar-refractivity contribution >= 4 is 5.82 Å². The van der Waals surface area contributed by atoms with Crippen LogP contribution in [-0.4, -0.2) is 14.8 Å². The smallest absolute Gasteiger partial charge is 0.129 e. The Morgan fingerprint density at radius 1 is 1.21 bits per heavy atom. The lowest BCUT2D eigenvalue weighted by Gasteiger charge is -2.22. The first kappa shape index (κ1) is 12.2. The van der Waals surface area contributed by atoms with Gasteiger partial charge in [0.25, 0.3) is 0 Å². The molecule has 2 heterocycles. The number of pyridine rings is 1. The normalized spacial score (nSPS) is 17.8. The van der Waals surface area contributed by atoms with Gasteiger partial charge < -0.3 is 5.73 Å². The van der Waals surface area contributed by atoms with E-state index in [0.29, 0.717) is 0 Å². The van der Waals surface area contributed by atoms with Crippen molar-refractivity contribution in [3.05, 3.63) is 30.2 Å². The third kappa shape index (κ3) is 1.91. The summed E-state index contributed by atoms with van der Waals surface area (Å²) >= 11 is 0. The molecule has 19 heavy (non-hydrogen) atoms. The molecule has 0 spiro atoms. The number of anilines is 1. The Morgan fingerprint density at radius 2 is 1.84 bits per heavy atom. The van der Waals surface area contributed by atoms with Crippen molar-refractivity contribution in [1.29, 1.82) is 0 Å². The van der Waals surface area contributed by atoms with E-state index in [0.717, 1.165) is 22.6 Å². The van der Waals surface area contributed by atoms with E-state index in [2.05, 4.69) is 11.9 Å². The van der Waals surface area contributed by atoms with Gasteiger partial charge in [-0.2, -0.15) is 5.10 Å². The Hall–Kier alpha value is -1.84. The molecule has 2 N–H and O–H groups in total. The maximum atomic E-state index is 6.24. The number of aromatic nitrogens is 3. The molecular weight excluding hydrogens is 236 g/mol. The zero-order chi connectivity index (χ0) is 13.5. The zero-order valence-electron chi connectivity index (χ0n) is 11.6. The molecule has 1 fully saturated rings. The Bertz CT molecular complexity index is 580. The third-order valence-corrected chi connectivity index (χ3v) is 4.34. The first-order valence-corrected chi connectivity index (χ1v) is 6.85. The largest absolute Gasteiger partial charge is 0.383 e. The first-order valence-electron chi connectivity index (χ1n) is 6.85. The van der Waals surface area contributed by atoms with E-state index in [1.54, 1.807) is 4.68 Å². The van der Waals surface area contributed by atoms with Crippen LogP contribution in [0.4, 0.5) is 5.82 Å². The second-order valence-corrected chi connectivity index (χ2v) is 5.74. The van der Waals surface area contributed by atoms with Crippen LogP contribution in [0, 0.1) is 0 Å². The fourth-order valence-electron chi connectivity index (χ4n) is 3.15. The minimum atomic E-state index is 0.161. The van der Waals surface area contributed by atoms with Crippen LogP contribution in [0.1, 0.15) is 38.3 Å². The van der Waals surface area contributed by atoms with Gasteiger partial charge in [-0.1, -0.05) is 19.8 Å². The Morgan fingerprint density at radius 3 is 2.47 bits per heavy atom. The lowest BCUT2D eigenvalue weighted by atomic mass is 9.82. The second-order valence-electron chi connectivity index (χ2n) is 5.74. The van der Waals surface area contributed by atoms with Crippen LogP contribution in [-0.2, 0) is 12.5 Å². The van der Waals surface area contributed by atoms with Crippen molar-refractivity contribution in [1.82, 2.24) is 14.8 Å². The number of nitrogens with two attached hydrogens (primary N) is 1. The Kier molecular flexibility index (Phi) is 2.81. The summed E-state index contributed by atoms with van der Waals surface area (Å²) in [6, 6.07) is 4.02. The second kappa shape index (κ2) is 4.37. The van der Waals surface area contributed by atoms with E-state index < -0.39 is 0 Å². The summed E-state index contributed by atoms with van der Waals surface area (Å²) in [6.45, 7) is 2.31. The highest BCUT2D eigenvalue weighted by Gasteiger charge is 2.36. The van der Waals surface area contributed by atoms with Crippen molar-refractivity contribution in [2.75, 3.05) is 5.73 Å². The zero-order valence-corrected chi connectivity index (χ0v) is 11.6. The van der Waals surface area contributed by atoms with E-state index in [1.165, 1.54) is 25.7 Å². The molecule has 0 unspecified atom stereocenters. The van der Waals surface area contributed by atoms with Gasteiger partial charge in [0.15, 0.2) is 0 Å². The molecule has 0 amide bonds. The Balaban J connectivity index is 2.18. The number of nitrogen functional groups attached to an aromatic ring is 1. The fourth-order valence-corrected chi connectivity index (χ4v) is 3.15. The third-order valence-electron chi connectivity index (χ3n) is 4.34. The quantitative estimate of drug-likeness (QED) is 0.898. The summed E-state index contributed by atoms with van der Waals surface area (Å²) < 4.78 is 1.80. The predicted octanol–water partition coefficient (Wildman–Crippen LogP) is 2.90. The van der Waals surface area contributed by atoms with Gasteiger partial charge in [-0.3, -0.25) is 9.67 Å². The Labute approximate surface area is 113 Å². The van der Waals surface area contributed by atoms with Gasteiger partial charge in [0, 0.05) is 30.4 Å². The van der Waals surface area contributed by atoms with Gasteiger partial charge in [0.1, 0.15) is 5.82 Å². The molecule has 3 rings (SSSR count). The van der Waals surface area contributed by atoms with Crippen molar-refractivity contribution in [3.63, 3.8) is 0 Å². The topological polar surface area (TPSA) is 56.7 Å². The van der Waals surface area contributed by atoms with E-state index >= 15 is 0 Å². The highest BCUT2D eigenvalue weighted by molar-refractivity contribution is 5.77. The van der Waals surface area contributed by atoms with Crippen LogP contribution in [0.3, 0.4) is 0 Å². The van der Waals surface area contributed by atoms with Crippen LogP contribution < -0.4 is 5.73 Å². The van der Waals surface area contributed by atoms with E-state index in [1.807, 2.05) is 31.6 Å². The molecule has 0 bridgehead atoms. The van der Waals surface area contributed by atoms with Gasteiger partial charge in [-0.25, -0.2) is 0 Å². The molecule has 1 aliphatic rings. The fraction of sp³-hybridized carbons (Fsp3) is 0.467. The van der Waals surface area contributed by atoms with Crippen LogP contribution in [0.25, 0.3) is 11.1 Å².